The van der Waals surface area contributed by atoms with Crippen molar-refractivity contribution < 1.29 is 4.79 Å². The molecule has 0 radical (unpaired) electrons. The van der Waals surface area contributed by atoms with Crippen molar-refractivity contribution in [1.82, 2.24) is 4.90 Å². The molecule has 92 valence electrons. The Balaban J connectivity index is 2.14. The minimum Gasteiger partial charge on any atom is -0.366 e. The molecule has 17 heavy (non-hydrogen) atoms. The predicted octanol–water partition coefficient (Wildman–Crippen LogP) is 2.03. The predicted molar refractivity (Wildman–Crippen MR) is 70.8 cm³/mol. The molecule has 1 fully saturated rings. The second kappa shape index (κ2) is 4.88. The molecular weight excluding hydrogens is 212 g/mol. The van der Waals surface area contributed by atoms with Crippen molar-refractivity contribution in [3.63, 3.8) is 0 Å². The topological polar surface area (TPSA) is 23.6 Å². The van der Waals surface area contributed by atoms with Crippen molar-refractivity contribution in [3.05, 3.63) is 29.8 Å². The van der Waals surface area contributed by atoms with Crippen LogP contribution in [0.5, 0.6) is 0 Å². The zero-order chi connectivity index (χ0) is 12.4. The molecule has 3 nitrogen and oxygen atoms in total. The number of nitrogens with zero attached hydrogens (tertiary/aromatic N) is 2. The molecule has 0 spiro atoms. The fourth-order valence-electron chi connectivity index (χ4n) is 2.41. The summed E-state index contributed by atoms with van der Waals surface area (Å²) < 4.78 is 0. The zero-order valence-corrected chi connectivity index (χ0v) is 10.8. The van der Waals surface area contributed by atoms with Gasteiger partial charge in [0, 0.05) is 36.9 Å². The number of anilines is 1. The molecule has 2 rings (SSSR count). The molecule has 1 unspecified atom stereocenters. The minimum absolute atomic E-state index is 0.128. The number of likely N-dealkylation sites (N-methyl/N-ethyl adjacent to an activating group) is 1. The molecule has 0 N–H and O–H groups in total. The van der Waals surface area contributed by atoms with E-state index in [4.69, 9.17) is 0 Å². The van der Waals surface area contributed by atoms with Crippen molar-refractivity contribution in [2.45, 2.75) is 19.9 Å². The number of benzene rings is 1. The van der Waals surface area contributed by atoms with Crippen LogP contribution >= 0.6 is 0 Å². The summed E-state index contributed by atoms with van der Waals surface area (Å²) in [4.78, 5) is 16.0. The Labute approximate surface area is 103 Å². The number of rotatable bonds is 2. The van der Waals surface area contributed by atoms with Crippen molar-refractivity contribution in [2.75, 3.05) is 31.6 Å². The second-order valence-corrected chi connectivity index (χ2v) is 4.91. The quantitative estimate of drug-likeness (QED) is 0.729. The molecule has 1 saturated heterocycles. The van der Waals surface area contributed by atoms with Crippen molar-refractivity contribution in [1.29, 1.82) is 0 Å². The molecule has 1 aliphatic rings. The molecule has 0 aromatic heterocycles. The lowest BCUT2D eigenvalue weighted by Crippen LogP contribution is -2.50. The molecule has 0 bridgehead atoms. The van der Waals surface area contributed by atoms with Crippen molar-refractivity contribution in [3.8, 4) is 0 Å². The highest BCUT2D eigenvalue weighted by Crippen LogP contribution is 2.20. The number of hydrogen-bond acceptors (Lipinski definition) is 3. The van der Waals surface area contributed by atoms with Gasteiger partial charge in [-0.2, -0.15) is 0 Å². The lowest BCUT2D eigenvalue weighted by molar-refractivity contribution is 0.101. The van der Waals surface area contributed by atoms with Crippen LogP contribution < -0.4 is 4.90 Å². The van der Waals surface area contributed by atoms with Crippen LogP contribution in [-0.4, -0.2) is 43.4 Å². The Morgan fingerprint density at radius 3 is 2.41 bits per heavy atom. The Morgan fingerprint density at radius 1 is 1.24 bits per heavy atom. The van der Waals surface area contributed by atoms with Crippen LogP contribution in [0.2, 0.25) is 0 Å². The summed E-state index contributed by atoms with van der Waals surface area (Å²) in [7, 11) is 2.16. The molecule has 0 amide bonds. The standard InChI is InChI=1S/C14H20N2O/c1-11-10-15(3)8-9-16(11)14-6-4-13(5-7-14)12(2)17/h4-7,11H,8-10H2,1-3H3. The van der Waals surface area contributed by atoms with Crippen LogP contribution in [-0.2, 0) is 0 Å². The molecule has 1 aliphatic heterocycles. The van der Waals surface area contributed by atoms with Gasteiger partial charge < -0.3 is 9.80 Å². The summed E-state index contributed by atoms with van der Waals surface area (Å²) in [6.45, 7) is 7.09. The van der Waals surface area contributed by atoms with Crippen LogP contribution in [0.15, 0.2) is 24.3 Å². The molecule has 1 aromatic carbocycles. The van der Waals surface area contributed by atoms with Gasteiger partial charge in [-0.3, -0.25) is 4.79 Å². The van der Waals surface area contributed by atoms with Crippen LogP contribution in [0.3, 0.4) is 0 Å². The largest absolute Gasteiger partial charge is 0.366 e. The van der Waals surface area contributed by atoms with Gasteiger partial charge in [0.1, 0.15) is 0 Å². The highest BCUT2D eigenvalue weighted by molar-refractivity contribution is 5.94. The maximum Gasteiger partial charge on any atom is 0.159 e. The smallest absolute Gasteiger partial charge is 0.159 e. The minimum atomic E-state index is 0.128. The van der Waals surface area contributed by atoms with Crippen molar-refractivity contribution >= 4 is 11.5 Å². The molecule has 3 heteroatoms. The maximum atomic E-state index is 11.2. The maximum absolute atomic E-state index is 11.2. The highest BCUT2D eigenvalue weighted by atomic mass is 16.1. The van der Waals surface area contributed by atoms with Gasteiger partial charge in [0.25, 0.3) is 0 Å². The van der Waals surface area contributed by atoms with Gasteiger partial charge in [-0.15, -0.1) is 0 Å². The Bertz CT molecular complexity index is 399. The number of ketones is 1. The Hall–Kier alpha value is -1.35. The van der Waals surface area contributed by atoms with Crippen LogP contribution in [0, 0.1) is 0 Å². The monoisotopic (exact) mass is 232 g/mol. The lowest BCUT2D eigenvalue weighted by Gasteiger charge is -2.39. The van der Waals surface area contributed by atoms with E-state index in [0.717, 1.165) is 25.2 Å². The second-order valence-electron chi connectivity index (χ2n) is 4.91. The fourth-order valence-corrected chi connectivity index (χ4v) is 2.41. The number of piperazine rings is 1. The number of Topliss-reactive ketones (excluding diaryl/α,β-unsaturated/α-hetero) is 1. The Morgan fingerprint density at radius 2 is 1.88 bits per heavy atom. The van der Waals surface area contributed by atoms with Crippen LogP contribution in [0.25, 0.3) is 0 Å². The summed E-state index contributed by atoms with van der Waals surface area (Å²) >= 11 is 0. The van der Waals surface area contributed by atoms with Crippen LogP contribution in [0.4, 0.5) is 5.69 Å². The molecular formula is C14H20N2O. The van der Waals surface area contributed by atoms with E-state index in [-0.39, 0.29) is 5.78 Å². The number of carbonyl (C=O) groups is 1. The van der Waals surface area contributed by atoms with Crippen molar-refractivity contribution in [2.24, 2.45) is 0 Å². The third-order valence-corrected chi connectivity index (χ3v) is 3.44. The zero-order valence-electron chi connectivity index (χ0n) is 10.8. The van der Waals surface area contributed by atoms with Gasteiger partial charge in [0.05, 0.1) is 0 Å². The summed E-state index contributed by atoms with van der Waals surface area (Å²) in [5, 5.41) is 0. The van der Waals surface area contributed by atoms with E-state index in [1.165, 1.54) is 5.69 Å². The van der Waals surface area contributed by atoms with Gasteiger partial charge in [0.15, 0.2) is 5.78 Å². The van der Waals surface area contributed by atoms with E-state index in [0.29, 0.717) is 6.04 Å². The first-order valence-electron chi connectivity index (χ1n) is 6.14. The van der Waals surface area contributed by atoms with E-state index in [1.807, 2.05) is 12.1 Å². The molecule has 1 aromatic rings. The average molecular weight is 232 g/mol. The number of carbonyl (C=O) groups excluding carboxylic acids is 1. The SMILES string of the molecule is CC(=O)c1ccc(N2CCN(C)CC2C)cc1. The molecule has 0 saturated carbocycles. The van der Waals surface area contributed by atoms with Crippen LogP contribution in [0.1, 0.15) is 24.2 Å². The summed E-state index contributed by atoms with van der Waals surface area (Å²) in [5.41, 5.74) is 2.01. The van der Waals surface area contributed by atoms with Gasteiger partial charge in [-0.25, -0.2) is 0 Å². The first-order chi connectivity index (χ1) is 8.08. The first-order valence-corrected chi connectivity index (χ1v) is 6.14. The van der Waals surface area contributed by atoms with E-state index < -0.39 is 0 Å². The average Bonchev–Trinajstić information content (AvgIpc) is 2.29. The summed E-state index contributed by atoms with van der Waals surface area (Å²) in [6.07, 6.45) is 0. The highest BCUT2D eigenvalue weighted by Gasteiger charge is 2.21. The summed E-state index contributed by atoms with van der Waals surface area (Å²) in [5.74, 6) is 0.128. The van der Waals surface area contributed by atoms with Gasteiger partial charge >= 0.3 is 0 Å². The van der Waals surface area contributed by atoms with Gasteiger partial charge in [-0.05, 0) is 45.2 Å². The van der Waals surface area contributed by atoms with E-state index in [9.17, 15) is 4.79 Å². The Kier molecular flexibility index (Phi) is 3.48. The number of hydrogen-bond donors (Lipinski definition) is 0. The molecule has 1 heterocycles. The third kappa shape index (κ3) is 2.67. The van der Waals surface area contributed by atoms with E-state index >= 15 is 0 Å². The van der Waals surface area contributed by atoms with E-state index in [2.05, 4.69) is 35.9 Å². The van der Waals surface area contributed by atoms with Gasteiger partial charge in [0.2, 0.25) is 0 Å². The molecule has 0 aliphatic carbocycles. The fraction of sp³-hybridized carbons (Fsp3) is 0.500. The van der Waals surface area contributed by atoms with Gasteiger partial charge in [-0.1, -0.05) is 0 Å². The normalized spacial score (nSPS) is 21.6. The summed E-state index contributed by atoms with van der Waals surface area (Å²) in [6, 6.07) is 8.47. The first kappa shape index (κ1) is 12.1. The van der Waals surface area contributed by atoms with E-state index in [1.54, 1.807) is 6.92 Å². The molecule has 1 atom stereocenters. The third-order valence-electron chi connectivity index (χ3n) is 3.44. The lowest BCUT2D eigenvalue weighted by atomic mass is 10.1.